The van der Waals surface area contributed by atoms with Crippen LogP contribution in [0.25, 0.3) is 11.3 Å². The molecule has 1 heterocycles. The third-order valence-electron chi connectivity index (χ3n) is 3.08. The highest BCUT2D eigenvalue weighted by atomic mass is 19.1. The molecule has 1 amide bonds. The van der Waals surface area contributed by atoms with Gasteiger partial charge in [-0.15, -0.1) is 0 Å². The van der Waals surface area contributed by atoms with E-state index in [9.17, 15) is 9.18 Å². The Hall–Kier alpha value is -2.43. The summed E-state index contributed by atoms with van der Waals surface area (Å²) < 4.78 is 19.1. The molecule has 0 spiro atoms. The molecule has 0 unspecified atom stereocenters. The summed E-state index contributed by atoms with van der Waals surface area (Å²) in [7, 11) is 0. The molecule has 0 saturated heterocycles. The molecular formula is C15H13FN2O2. The van der Waals surface area contributed by atoms with Crippen LogP contribution in [0.2, 0.25) is 0 Å². The van der Waals surface area contributed by atoms with E-state index >= 15 is 0 Å². The van der Waals surface area contributed by atoms with Crippen LogP contribution in [0.15, 0.2) is 45.9 Å². The first-order valence-electron chi connectivity index (χ1n) is 6.42. The Labute approximate surface area is 115 Å². The molecule has 0 radical (unpaired) electrons. The van der Waals surface area contributed by atoms with Crippen LogP contribution in [-0.2, 0) is 4.79 Å². The van der Waals surface area contributed by atoms with Crippen LogP contribution in [0.4, 0.5) is 4.39 Å². The SMILES string of the molecule is O=C(N/N=C\c1ccc(-c2ccccc2F)o1)C1CC1. The molecule has 1 aromatic heterocycles. The molecule has 0 aliphatic heterocycles. The molecule has 0 bridgehead atoms. The maximum absolute atomic E-state index is 13.6. The highest BCUT2D eigenvalue weighted by Crippen LogP contribution is 2.28. The van der Waals surface area contributed by atoms with Gasteiger partial charge in [-0.2, -0.15) is 5.10 Å². The fourth-order valence-electron chi connectivity index (χ4n) is 1.82. The van der Waals surface area contributed by atoms with Crippen molar-refractivity contribution in [2.75, 3.05) is 0 Å². The van der Waals surface area contributed by atoms with Crippen molar-refractivity contribution in [3.05, 3.63) is 48.0 Å². The lowest BCUT2D eigenvalue weighted by Gasteiger charge is -1.97. The van der Waals surface area contributed by atoms with Crippen molar-refractivity contribution in [1.29, 1.82) is 0 Å². The van der Waals surface area contributed by atoms with Gasteiger partial charge in [0.25, 0.3) is 0 Å². The number of nitrogens with one attached hydrogen (secondary N) is 1. The molecule has 2 aromatic rings. The Morgan fingerprint density at radius 1 is 1.30 bits per heavy atom. The lowest BCUT2D eigenvalue weighted by atomic mass is 10.1. The van der Waals surface area contributed by atoms with Gasteiger partial charge in [0.15, 0.2) is 0 Å². The van der Waals surface area contributed by atoms with Gasteiger partial charge >= 0.3 is 0 Å². The van der Waals surface area contributed by atoms with Gasteiger partial charge in [0.1, 0.15) is 17.3 Å². The topological polar surface area (TPSA) is 54.6 Å². The lowest BCUT2D eigenvalue weighted by molar-refractivity contribution is -0.122. The summed E-state index contributed by atoms with van der Waals surface area (Å²) in [6.07, 6.45) is 3.27. The predicted octanol–water partition coefficient (Wildman–Crippen LogP) is 2.95. The van der Waals surface area contributed by atoms with E-state index in [1.54, 1.807) is 30.3 Å². The molecular weight excluding hydrogens is 259 g/mol. The Kier molecular flexibility index (Phi) is 3.33. The fourth-order valence-corrected chi connectivity index (χ4v) is 1.82. The maximum Gasteiger partial charge on any atom is 0.243 e. The zero-order valence-corrected chi connectivity index (χ0v) is 10.7. The number of carbonyl (C=O) groups is 1. The summed E-state index contributed by atoms with van der Waals surface area (Å²) >= 11 is 0. The van der Waals surface area contributed by atoms with Gasteiger partial charge in [0.2, 0.25) is 5.91 Å². The number of halogens is 1. The minimum absolute atomic E-state index is 0.0675. The minimum atomic E-state index is -0.340. The normalized spacial score (nSPS) is 14.7. The molecule has 102 valence electrons. The fraction of sp³-hybridized carbons (Fsp3) is 0.200. The van der Waals surface area contributed by atoms with E-state index in [-0.39, 0.29) is 17.6 Å². The summed E-state index contributed by atoms with van der Waals surface area (Å²) in [6, 6.07) is 9.73. The van der Waals surface area contributed by atoms with Crippen LogP contribution in [0.3, 0.4) is 0 Å². The number of amides is 1. The van der Waals surface area contributed by atoms with Gasteiger partial charge in [-0.25, -0.2) is 9.82 Å². The Bertz CT molecular complexity index is 659. The van der Waals surface area contributed by atoms with Crippen LogP contribution in [0.5, 0.6) is 0 Å². The quantitative estimate of drug-likeness (QED) is 0.687. The molecule has 1 N–H and O–H groups in total. The van der Waals surface area contributed by atoms with E-state index in [4.69, 9.17) is 4.42 Å². The highest BCUT2D eigenvalue weighted by molar-refractivity contribution is 5.83. The number of furan rings is 1. The van der Waals surface area contributed by atoms with E-state index in [1.165, 1.54) is 12.3 Å². The average Bonchev–Trinajstić information content (AvgIpc) is 3.20. The van der Waals surface area contributed by atoms with E-state index in [0.29, 0.717) is 17.1 Å². The first-order valence-corrected chi connectivity index (χ1v) is 6.42. The maximum atomic E-state index is 13.6. The smallest absolute Gasteiger partial charge is 0.243 e. The number of nitrogens with zero attached hydrogens (tertiary/aromatic N) is 1. The molecule has 1 saturated carbocycles. The standard InChI is InChI=1S/C15H13FN2O2/c16-13-4-2-1-3-12(13)14-8-7-11(20-14)9-17-18-15(19)10-5-6-10/h1-4,7-10H,5-6H2,(H,18,19)/b17-9-. The van der Waals surface area contributed by atoms with Crippen LogP contribution in [-0.4, -0.2) is 12.1 Å². The van der Waals surface area contributed by atoms with Gasteiger partial charge in [-0.05, 0) is 37.1 Å². The van der Waals surface area contributed by atoms with Crippen LogP contribution >= 0.6 is 0 Å². The van der Waals surface area contributed by atoms with Crippen molar-refractivity contribution < 1.29 is 13.6 Å². The highest BCUT2D eigenvalue weighted by Gasteiger charge is 2.29. The lowest BCUT2D eigenvalue weighted by Crippen LogP contribution is -2.18. The molecule has 5 heteroatoms. The summed E-state index contributed by atoms with van der Waals surface area (Å²) in [6.45, 7) is 0. The first-order chi connectivity index (χ1) is 9.74. The second-order valence-corrected chi connectivity index (χ2v) is 4.69. The number of hydrazone groups is 1. The van der Waals surface area contributed by atoms with Gasteiger partial charge in [0.05, 0.1) is 11.8 Å². The summed E-state index contributed by atoms with van der Waals surface area (Å²) in [5, 5.41) is 3.82. The Morgan fingerprint density at radius 2 is 2.10 bits per heavy atom. The summed E-state index contributed by atoms with van der Waals surface area (Å²) in [4.78, 5) is 11.4. The minimum Gasteiger partial charge on any atom is -0.455 e. The monoisotopic (exact) mass is 272 g/mol. The second kappa shape index (κ2) is 5.28. The van der Waals surface area contributed by atoms with E-state index < -0.39 is 0 Å². The van der Waals surface area contributed by atoms with Crippen molar-refractivity contribution in [3.8, 4) is 11.3 Å². The van der Waals surface area contributed by atoms with E-state index in [0.717, 1.165) is 12.8 Å². The number of hydrogen-bond donors (Lipinski definition) is 1. The first kappa shape index (κ1) is 12.6. The van der Waals surface area contributed by atoms with Gasteiger partial charge < -0.3 is 4.42 Å². The third-order valence-corrected chi connectivity index (χ3v) is 3.08. The molecule has 1 aliphatic carbocycles. The average molecular weight is 272 g/mol. The van der Waals surface area contributed by atoms with E-state index in [1.807, 2.05) is 0 Å². The molecule has 1 fully saturated rings. The van der Waals surface area contributed by atoms with Crippen molar-refractivity contribution in [3.63, 3.8) is 0 Å². The number of rotatable bonds is 4. The molecule has 1 aliphatic rings. The van der Waals surface area contributed by atoms with Gasteiger partial charge in [0, 0.05) is 5.92 Å². The van der Waals surface area contributed by atoms with Crippen LogP contribution < -0.4 is 5.43 Å². The summed E-state index contributed by atoms with van der Waals surface area (Å²) in [5.74, 6) is 0.588. The van der Waals surface area contributed by atoms with Crippen molar-refractivity contribution in [1.82, 2.24) is 5.43 Å². The van der Waals surface area contributed by atoms with Gasteiger partial charge in [-0.3, -0.25) is 4.79 Å². The number of benzene rings is 1. The second-order valence-electron chi connectivity index (χ2n) is 4.69. The zero-order chi connectivity index (χ0) is 13.9. The largest absolute Gasteiger partial charge is 0.455 e. The summed E-state index contributed by atoms with van der Waals surface area (Å²) in [5.41, 5.74) is 2.85. The van der Waals surface area contributed by atoms with Crippen molar-refractivity contribution in [2.45, 2.75) is 12.8 Å². The van der Waals surface area contributed by atoms with Gasteiger partial charge in [-0.1, -0.05) is 12.1 Å². The molecule has 1 aromatic carbocycles. The third kappa shape index (κ3) is 2.77. The molecule has 0 atom stereocenters. The molecule has 4 nitrogen and oxygen atoms in total. The molecule has 20 heavy (non-hydrogen) atoms. The van der Waals surface area contributed by atoms with Crippen molar-refractivity contribution >= 4 is 12.1 Å². The van der Waals surface area contributed by atoms with Crippen LogP contribution in [0, 0.1) is 11.7 Å². The van der Waals surface area contributed by atoms with Crippen LogP contribution in [0.1, 0.15) is 18.6 Å². The van der Waals surface area contributed by atoms with Crippen molar-refractivity contribution in [2.24, 2.45) is 11.0 Å². The number of carbonyl (C=O) groups excluding carboxylic acids is 1. The Morgan fingerprint density at radius 3 is 2.85 bits per heavy atom. The number of hydrogen-bond acceptors (Lipinski definition) is 3. The predicted molar refractivity (Wildman–Crippen MR) is 72.6 cm³/mol. The van der Waals surface area contributed by atoms with E-state index in [2.05, 4.69) is 10.5 Å². The zero-order valence-electron chi connectivity index (χ0n) is 10.7. The molecule has 3 rings (SSSR count). The Balaban J connectivity index is 1.69.